The van der Waals surface area contributed by atoms with Crippen LogP contribution in [0.4, 0.5) is 0 Å². The number of thioether (sulfide) groups is 1. The number of nitrogens with zero attached hydrogens (tertiary/aromatic N) is 1. The van der Waals surface area contributed by atoms with Gasteiger partial charge < -0.3 is 5.32 Å². The minimum atomic E-state index is -3.42. The second-order valence-electron chi connectivity index (χ2n) is 7.02. The molecule has 26 heavy (non-hydrogen) atoms. The first-order valence-electron chi connectivity index (χ1n) is 9.57. The molecule has 1 heterocycles. The summed E-state index contributed by atoms with van der Waals surface area (Å²) in [5.74, 6) is 0.789. The van der Waals surface area contributed by atoms with Crippen LogP contribution >= 0.6 is 11.8 Å². The molecule has 0 bridgehead atoms. The molecule has 5 nitrogen and oxygen atoms in total. The average Bonchev–Trinajstić information content (AvgIpc) is 3.22. The van der Waals surface area contributed by atoms with E-state index in [1.807, 2.05) is 11.8 Å². The van der Waals surface area contributed by atoms with Crippen LogP contribution in [-0.2, 0) is 10.0 Å². The molecule has 3 rings (SSSR count). The molecule has 0 unspecified atom stereocenters. The molecule has 1 saturated heterocycles. The quantitative estimate of drug-likeness (QED) is 0.719. The van der Waals surface area contributed by atoms with Gasteiger partial charge in [-0.05, 0) is 49.9 Å². The average molecular weight is 397 g/mol. The van der Waals surface area contributed by atoms with Gasteiger partial charge in [0.05, 0.1) is 4.90 Å². The predicted molar refractivity (Wildman–Crippen MR) is 106 cm³/mol. The summed E-state index contributed by atoms with van der Waals surface area (Å²) in [5, 5.41) is 3.68. The molecule has 1 aromatic carbocycles. The molecule has 7 heteroatoms. The Hall–Kier alpha value is -1.05. The third-order valence-electron chi connectivity index (χ3n) is 5.11. The van der Waals surface area contributed by atoms with Gasteiger partial charge in [-0.25, -0.2) is 8.42 Å². The zero-order valence-electron chi connectivity index (χ0n) is 15.2. The highest BCUT2D eigenvalue weighted by molar-refractivity contribution is 7.99. The number of amides is 1. The minimum Gasteiger partial charge on any atom is -0.351 e. The van der Waals surface area contributed by atoms with Crippen molar-refractivity contribution >= 4 is 27.7 Å². The van der Waals surface area contributed by atoms with Gasteiger partial charge in [-0.15, -0.1) is 0 Å². The maximum Gasteiger partial charge on any atom is 0.251 e. The predicted octanol–water partition coefficient (Wildman–Crippen LogP) is 3.27. The summed E-state index contributed by atoms with van der Waals surface area (Å²) in [5.41, 5.74) is 0.507. The van der Waals surface area contributed by atoms with Gasteiger partial charge in [0.1, 0.15) is 0 Å². The van der Waals surface area contributed by atoms with Crippen LogP contribution in [-0.4, -0.2) is 49.3 Å². The third kappa shape index (κ3) is 5.02. The molecule has 1 aromatic rings. The van der Waals surface area contributed by atoms with Crippen LogP contribution in [0, 0.1) is 0 Å². The van der Waals surface area contributed by atoms with Crippen molar-refractivity contribution in [2.75, 3.05) is 25.4 Å². The molecule has 0 aromatic heterocycles. The van der Waals surface area contributed by atoms with Crippen LogP contribution in [0.15, 0.2) is 29.2 Å². The first kappa shape index (κ1) is 19.7. The first-order chi connectivity index (χ1) is 12.6. The second kappa shape index (κ2) is 9.24. The summed E-state index contributed by atoms with van der Waals surface area (Å²) in [4.78, 5) is 12.5. The van der Waals surface area contributed by atoms with Crippen molar-refractivity contribution in [3.63, 3.8) is 0 Å². The minimum absolute atomic E-state index is 0.139. The number of hydrogen-bond acceptors (Lipinski definition) is 4. The molecule has 1 aliphatic carbocycles. The monoisotopic (exact) mass is 396 g/mol. The lowest BCUT2D eigenvalue weighted by Crippen LogP contribution is -2.28. The maximum atomic E-state index is 12.5. The summed E-state index contributed by atoms with van der Waals surface area (Å²) >= 11 is 1.95. The lowest BCUT2D eigenvalue weighted by molar-refractivity contribution is 0.0956. The molecular weight excluding hydrogens is 368 g/mol. The van der Waals surface area contributed by atoms with Crippen molar-refractivity contribution < 1.29 is 13.2 Å². The van der Waals surface area contributed by atoms with Crippen LogP contribution in [0.3, 0.4) is 0 Å². The van der Waals surface area contributed by atoms with Gasteiger partial charge in [-0.3, -0.25) is 4.79 Å². The lowest BCUT2D eigenvalue weighted by atomic mass is 10.0. The smallest absolute Gasteiger partial charge is 0.251 e. The van der Waals surface area contributed by atoms with E-state index < -0.39 is 10.0 Å². The fraction of sp³-hybridized carbons (Fsp3) is 0.632. The fourth-order valence-electron chi connectivity index (χ4n) is 3.58. The molecule has 2 fully saturated rings. The number of benzene rings is 1. The number of rotatable bonds is 7. The highest BCUT2D eigenvalue weighted by Crippen LogP contribution is 2.27. The Kier molecular flexibility index (Phi) is 7.00. The Morgan fingerprint density at radius 3 is 2.35 bits per heavy atom. The van der Waals surface area contributed by atoms with Gasteiger partial charge in [0, 0.05) is 36.2 Å². The van der Waals surface area contributed by atoms with E-state index in [1.165, 1.54) is 36.4 Å². The van der Waals surface area contributed by atoms with Crippen molar-refractivity contribution in [1.29, 1.82) is 0 Å². The number of sulfonamides is 1. The fourth-order valence-corrected chi connectivity index (χ4v) is 6.32. The van der Waals surface area contributed by atoms with Crippen LogP contribution < -0.4 is 5.32 Å². The van der Waals surface area contributed by atoms with E-state index in [0.717, 1.165) is 23.8 Å². The maximum absolute atomic E-state index is 12.5. The van der Waals surface area contributed by atoms with Crippen molar-refractivity contribution in [1.82, 2.24) is 9.62 Å². The Morgan fingerprint density at radius 1 is 1.04 bits per heavy atom. The van der Waals surface area contributed by atoms with E-state index in [1.54, 1.807) is 24.3 Å². The van der Waals surface area contributed by atoms with E-state index in [9.17, 15) is 13.2 Å². The van der Waals surface area contributed by atoms with Crippen LogP contribution in [0.25, 0.3) is 0 Å². The molecule has 0 radical (unpaired) electrons. The van der Waals surface area contributed by atoms with Crippen molar-refractivity contribution in [3.8, 4) is 0 Å². The lowest BCUT2D eigenvalue weighted by Gasteiger charge is -2.20. The summed E-state index contributed by atoms with van der Waals surface area (Å²) in [7, 11) is -3.42. The van der Waals surface area contributed by atoms with Gasteiger partial charge in [0.25, 0.3) is 5.91 Å². The van der Waals surface area contributed by atoms with Crippen molar-refractivity contribution in [2.45, 2.75) is 55.1 Å². The molecule has 1 N–H and O–H groups in total. The Labute approximate surface area is 161 Å². The van der Waals surface area contributed by atoms with Crippen LogP contribution in [0.1, 0.15) is 55.3 Å². The summed E-state index contributed by atoms with van der Waals surface area (Å²) < 4.78 is 26.5. The van der Waals surface area contributed by atoms with E-state index in [-0.39, 0.29) is 10.8 Å². The van der Waals surface area contributed by atoms with Crippen molar-refractivity contribution in [3.05, 3.63) is 29.8 Å². The first-order valence-corrected chi connectivity index (χ1v) is 12.1. The zero-order chi connectivity index (χ0) is 18.4. The molecule has 0 atom stereocenters. The van der Waals surface area contributed by atoms with E-state index >= 15 is 0 Å². The molecule has 0 spiro atoms. The number of carbonyl (C=O) groups is 1. The highest BCUT2D eigenvalue weighted by Gasteiger charge is 2.27. The normalized spacial score (nSPS) is 19.5. The summed E-state index contributed by atoms with van der Waals surface area (Å²) in [6.45, 7) is 1.82. The van der Waals surface area contributed by atoms with Crippen molar-refractivity contribution in [2.24, 2.45) is 0 Å². The van der Waals surface area contributed by atoms with Gasteiger partial charge in [0.15, 0.2) is 0 Å². The standard InChI is InChI=1S/C19H28N2O3S2/c22-19(20-12-15-25-17-6-2-1-3-7-17)16-8-10-18(11-9-16)26(23,24)21-13-4-5-14-21/h8-11,17H,1-7,12-15H2,(H,20,22). The van der Waals surface area contributed by atoms with Gasteiger partial charge in [0.2, 0.25) is 10.0 Å². The second-order valence-corrected chi connectivity index (χ2v) is 10.4. The van der Waals surface area contributed by atoms with Gasteiger partial charge >= 0.3 is 0 Å². The van der Waals surface area contributed by atoms with E-state index in [2.05, 4.69) is 5.32 Å². The van der Waals surface area contributed by atoms with Gasteiger partial charge in [-0.2, -0.15) is 16.1 Å². The van der Waals surface area contributed by atoms with Crippen LogP contribution in [0.5, 0.6) is 0 Å². The number of carbonyl (C=O) groups excluding carboxylic acids is 1. The third-order valence-corrected chi connectivity index (χ3v) is 8.41. The Balaban J connectivity index is 1.47. The summed E-state index contributed by atoms with van der Waals surface area (Å²) in [6.07, 6.45) is 8.44. The number of nitrogens with one attached hydrogen (secondary N) is 1. The molecule has 2 aliphatic rings. The van der Waals surface area contributed by atoms with Crippen LogP contribution in [0.2, 0.25) is 0 Å². The highest BCUT2D eigenvalue weighted by atomic mass is 32.2. The zero-order valence-corrected chi connectivity index (χ0v) is 16.8. The molecule has 144 valence electrons. The summed E-state index contributed by atoms with van der Waals surface area (Å²) in [6, 6.07) is 6.29. The topological polar surface area (TPSA) is 66.5 Å². The molecule has 1 aliphatic heterocycles. The number of hydrogen-bond donors (Lipinski definition) is 1. The molecule has 1 saturated carbocycles. The van der Waals surface area contributed by atoms with Gasteiger partial charge in [-0.1, -0.05) is 19.3 Å². The largest absolute Gasteiger partial charge is 0.351 e. The Bertz CT molecular complexity index is 692. The molecular formula is C19H28N2O3S2. The SMILES string of the molecule is O=C(NCCSC1CCCCC1)c1ccc(S(=O)(=O)N2CCCC2)cc1. The Morgan fingerprint density at radius 2 is 1.69 bits per heavy atom. The van der Waals surface area contributed by atoms with E-state index in [4.69, 9.17) is 0 Å². The molecule has 1 amide bonds. The van der Waals surface area contributed by atoms with E-state index in [0.29, 0.717) is 25.2 Å².